The Labute approximate surface area is 176 Å². The van der Waals surface area contributed by atoms with Gasteiger partial charge in [-0.15, -0.1) is 24.0 Å². The van der Waals surface area contributed by atoms with E-state index in [2.05, 4.69) is 25.7 Å². The molecule has 0 aliphatic heterocycles. The molecule has 0 saturated carbocycles. The largest absolute Gasteiger partial charge is 0.444 e. The van der Waals surface area contributed by atoms with Crippen LogP contribution in [0.5, 0.6) is 0 Å². The molecule has 0 radical (unpaired) electrons. The Bertz CT molecular complexity index is 852. The molecule has 0 aliphatic rings. The van der Waals surface area contributed by atoms with Crippen LogP contribution >= 0.6 is 24.0 Å². The van der Waals surface area contributed by atoms with Crippen LogP contribution in [-0.2, 0) is 13.0 Å². The Morgan fingerprint density at radius 1 is 1.19 bits per heavy atom. The molecule has 0 bridgehead atoms. The van der Waals surface area contributed by atoms with Gasteiger partial charge < -0.3 is 15.1 Å². The molecule has 2 heterocycles. The van der Waals surface area contributed by atoms with Crippen molar-refractivity contribution in [2.75, 3.05) is 13.6 Å². The molecule has 1 aromatic carbocycles. The van der Waals surface area contributed by atoms with Crippen molar-refractivity contribution in [3.05, 3.63) is 65.6 Å². The lowest BCUT2D eigenvalue weighted by molar-refractivity contribution is 0.464. The van der Waals surface area contributed by atoms with Crippen LogP contribution in [0.15, 0.2) is 52.1 Å². The van der Waals surface area contributed by atoms with Crippen LogP contribution in [0.1, 0.15) is 22.9 Å². The number of hydrogen-bond acceptors (Lipinski definition) is 4. The minimum absolute atomic E-state index is 0. The van der Waals surface area contributed by atoms with Gasteiger partial charge in [0.15, 0.2) is 5.96 Å². The minimum atomic E-state index is 0. The highest BCUT2D eigenvalue weighted by atomic mass is 127. The second-order valence-electron chi connectivity index (χ2n) is 5.98. The van der Waals surface area contributed by atoms with Gasteiger partial charge in [0.1, 0.15) is 5.76 Å². The maximum absolute atomic E-state index is 5.56. The molecule has 0 aliphatic carbocycles. The lowest BCUT2D eigenvalue weighted by atomic mass is 10.2. The number of aryl methyl sites for hydroxylation is 2. The summed E-state index contributed by atoms with van der Waals surface area (Å²) in [4.78, 5) is 8.57. The molecule has 3 aromatic rings. The molecule has 144 valence electrons. The first-order chi connectivity index (χ1) is 12.7. The van der Waals surface area contributed by atoms with E-state index in [9.17, 15) is 0 Å². The third-order valence-corrected chi connectivity index (χ3v) is 4.07. The number of oxazole rings is 1. The van der Waals surface area contributed by atoms with Crippen LogP contribution in [-0.4, -0.2) is 34.3 Å². The van der Waals surface area contributed by atoms with Gasteiger partial charge in [-0.25, -0.2) is 9.67 Å². The second-order valence-corrected chi connectivity index (χ2v) is 5.98. The second kappa shape index (κ2) is 10.1. The van der Waals surface area contributed by atoms with E-state index >= 15 is 0 Å². The third kappa shape index (κ3) is 5.81. The molecule has 8 heteroatoms. The highest BCUT2D eigenvalue weighted by Crippen LogP contribution is 2.08. The van der Waals surface area contributed by atoms with Gasteiger partial charge in [-0.05, 0) is 38.0 Å². The molecular weight excluding hydrogens is 455 g/mol. The van der Waals surface area contributed by atoms with Crippen molar-refractivity contribution in [1.29, 1.82) is 0 Å². The number of aliphatic imine (C=N–C) groups is 1. The predicted octanol–water partition coefficient (Wildman–Crippen LogP) is 3.00. The molecule has 0 saturated heterocycles. The van der Waals surface area contributed by atoms with E-state index in [0.717, 1.165) is 35.7 Å². The molecule has 7 nitrogen and oxygen atoms in total. The predicted molar refractivity (Wildman–Crippen MR) is 117 cm³/mol. The van der Waals surface area contributed by atoms with Crippen LogP contribution in [0.3, 0.4) is 0 Å². The van der Waals surface area contributed by atoms with E-state index in [4.69, 9.17) is 4.42 Å². The Morgan fingerprint density at radius 3 is 2.63 bits per heavy atom. The summed E-state index contributed by atoms with van der Waals surface area (Å²) in [6.07, 6.45) is 4.79. The normalized spacial score (nSPS) is 11.1. The molecule has 0 fully saturated rings. The summed E-state index contributed by atoms with van der Waals surface area (Å²) in [6, 6.07) is 10.1. The Balaban J connectivity index is 0.00000261. The lowest BCUT2D eigenvalue weighted by Crippen LogP contribution is -2.37. The van der Waals surface area contributed by atoms with Gasteiger partial charge in [0.2, 0.25) is 5.89 Å². The van der Waals surface area contributed by atoms with E-state index < -0.39 is 0 Å². The first-order valence-corrected chi connectivity index (χ1v) is 8.62. The molecule has 0 spiro atoms. The van der Waals surface area contributed by atoms with Gasteiger partial charge in [0.25, 0.3) is 0 Å². The van der Waals surface area contributed by atoms with E-state index in [1.165, 1.54) is 0 Å². The lowest BCUT2D eigenvalue weighted by Gasteiger charge is -2.09. The Hall–Kier alpha value is -2.36. The van der Waals surface area contributed by atoms with Crippen molar-refractivity contribution < 1.29 is 4.42 Å². The molecule has 0 amide bonds. The van der Waals surface area contributed by atoms with Gasteiger partial charge in [-0.3, -0.25) is 4.99 Å². The van der Waals surface area contributed by atoms with Crippen LogP contribution in [0, 0.1) is 13.8 Å². The van der Waals surface area contributed by atoms with Gasteiger partial charge in [0.05, 0.1) is 24.1 Å². The maximum Gasteiger partial charge on any atom is 0.214 e. The topological polar surface area (TPSA) is 80.3 Å². The first-order valence-electron chi connectivity index (χ1n) is 8.62. The highest BCUT2D eigenvalue weighted by molar-refractivity contribution is 14.0. The van der Waals surface area contributed by atoms with Gasteiger partial charge >= 0.3 is 0 Å². The minimum Gasteiger partial charge on any atom is -0.444 e. The van der Waals surface area contributed by atoms with Gasteiger partial charge in [-0.1, -0.05) is 18.2 Å². The zero-order valence-corrected chi connectivity index (χ0v) is 18.1. The number of halogens is 1. The number of para-hydroxylation sites is 1. The fourth-order valence-corrected chi connectivity index (χ4v) is 2.53. The third-order valence-electron chi connectivity index (χ3n) is 4.07. The standard InChI is InChI=1S/C19H24N6O.HI/c1-14-15(2)26-18(24-14)12-22-19(20-3)21-10-9-16-11-23-25(13-16)17-7-5-4-6-8-17;/h4-8,11,13H,9-10,12H2,1-3H3,(H2,20,21,22);1H. The highest BCUT2D eigenvalue weighted by Gasteiger charge is 2.06. The smallest absolute Gasteiger partial charge is 0.214 e. The monoisotopic (exact) mass is 480 g/mol. The number of rotatable bonds is 6. The zero-order chi connectivity index (χ0) is 18.4. The van der Waals surface area contributed by atoms with Crippen LogP contribution in [0.4, 0.5) is 0 Å². The van der Waals surface area contributed by atoms with E-state index in [0.29, 0.717) is 18.4 Å². The van der Waals surface area contributed by atoms with Crippen LogP contribution < -0.4 is 10.6 Å². The molecular formula is C19H25IN6O. The number of aromatic nitrogens is 3. The molecule has 2 aromatic heterocycles. The molecule has 2 N–H and O–H groups in total. The molecule has 3 rings (SSSR count). The van der Waals surface area contributed by atoms with Gasteiger partial charge in [0, 0.05) is 19.8 Å². The summed E-state index contributed by atoms with van der Waals surface area (Å²) in [5, 5.41) is 10.9. The summed E-state index contributed by atoms with van der Waals surface area (Å²) in [6.45, 7) is 5.10. The summed E-state index contributed by atoms with van der Waals surface area (Å²) in [7, 11) is 1.74. The van der Waals surface area contributed by atoms with Crippen LogP contribution in [0.2, 0.25) is 0 Å². The van der Waals surface area contributed by atoms with Crippen molar-refractivity contribution in [3.63, 3.8) is 0 Å². The van der Waals surface area contributed by atoms with E-state index in [1.807, 2.05) is 61.3 Å². The SMILES string of the molecule is CN=C(NCCc1cnn(-c2ccccc2)c1)NCc1nc(C)c(C)o1.I. The molecule has 0 atom stereocenters. The summed E-state index contributed by atoms with van der Waals surface area (Å²) in [5.41, 5.74) is 3.14. The zero-order valence-electron chi connectivity index (χ0n) is 15.8. The maximum atomic E-state index is 5.56. The van der Waals surface area contributed by atoms with Crippen molar-refractivity contribution in [2.24, 2.45) is 4.99 Å². The fourth-order valence-electron chi connectivity index (χ4n) is 2.53. The fraction of sp³-hybridized carbons (Fsp3) is 0.316. The number of hydrogen-bond donors (Lipinski definition) is 2. The van der Waals surface area contributed by atoms with Crippen LogP contribution in [0.25, 0.3) is 5.69 Å². The molecule has 0 unspecified atom stereocenters. The van der Waals surface area contributed by atoms with E-state index in [-0.39, 0.29) is 24.0 Å². The Kier molecular flexibility index (Phi) is 7.83. The first kappa shape index (κ1) is 20.9. The van der Waals surface area contributed by atoms with Crippen molar-refractivity contribution in [1.82, 2.24) is 25.4 Å². The number of guanidine groups is 1. The summed E-state index contributed by atoms with van der Waals surface area (Å²) in [5.74, 6) is 2.22. The molecule has 27 heavy (non-hydrogen) atoms. The quantitative estimate of drug-likeness (QED) is 0.322. The van der Waals surface area contributed by atoms with Crippen molar-refractivity contribution >= 4 is 29.9 Å². The van der Waals surface area contributed by atoms with Crippen molar-refractivity contribution in [2.45, 2.75) is 26.8 Å². The number of benzene rings is 1. The Morgan fingerprint density at radius 2 is 1.96 bits per heavy atom. The average molecular weight is 480 g/mol. The number of nitrogens with one attached hydrogen (secondary N) is 2. The summed E-state index contributed by atoms with van der Waals surface area (Å²) >= 11 is 0. The average Bonchev–Trinajstić information content (AvgIpc) is 3.25. The summed E-state index contributed by atoms with van der Waals surface area (Å²) < 4.78 is 7.44. The van der Waals surface area contributed by atoms with Crippen molar-refractivity contribution in [3.8, 4) is 5.69 Å². The van der Waals surface area contributed by atoms with Gasteiger partial charge in [-0.2, -0.15) is 5.10 Å². The number of nitrogens with zero attached hydrogens (tertiary/aromatic N) is 4. The van der Waals surface area contributed by atoms with E-state index in [1.54, 1.807) is 7.05 Å².